The topological polar surface area (TPSA) is 92.3 Å². The molecule has 0 fully saturated rings. The molecule has 10 nitrogen and oxygen atoms in total. The largest absolute Gasteiger partial charge is 0.679 e. The molecule has 0 aliphatic heterocycles. The highest BCUT2D eigenvalue weighted by Crippen LogP contribution is 2.20. The van der Waals surface area contributed by atoms with Crippen LogP contribution in [-0.2, 0) is 44.3 Å². The fourth-order valence-electron chi connectivity index (χ4n) is 5.37. The van der Waals surface area contributed by atoms with E-state index in [-0.39, 0.29) is 11.0 Å². The Balaban J connectivity index is -0.000000320. The van der Waals surface area contributed by atoms with Crippen LogP contribution in [0.3, 0.4) is 0 Å². The first-order valence-electron chi connectivity index (χ1n) is 19.6. The van der Waals surface area contributed by atoms with Crippen LogP contribution in [0.5, 0.6) is 0 Å². The number of hydrogen-bond acceptors (Lipinski definition) is 10. The molecule has 0 aromatic rings. The van der Waals surface area contributed by atoms with Gasteiger partial charge in [0.25, 0.3) is 0 Å². The Bertz CT molecular complexity index is 588. The molecule has 14 heteroatoms. The van der Waals surface area contributed by atoms with E-state index in [1.807, 2.05) is 27.7 Å². The smallest absolute Gasteiger partial charge is 0.377 e. The van der Waals surface area contributed by atoms with Crippen LogP contribution in [0.1, 0.15) is 157 Å². The second kappa shape index (κ2) is 42.2. The minimum absolute atomic E-state index is 0. The second-order valence-corrected chi connectivity index (χ2v) is 20.3. The summed E-state index contributed by atoms with van der Waals surface area (Å²) < 4.78 is 54.1. The Morgan fingerprint density at radius 3 is 0.680 bits per heavy atom. The second-order valence-electron chi connectivity index (χ2n) is 12.0. The Morgan fingerprint density at radius 1 is 0.300 bits per heavy atom. The monoisotopic (exact) mass is 793 g/mol. The Labute approximate surface area is 319 Å². The third kappa shape index (κ3) is 31.9. The van der Waals surface area contributed by atoms with Crippen molar-refractivity contribution < 1.29 is 44.3 Å². The molecule has 0 bridgehead atoms. The standard InChI is InChI=1S/C15H34O3Si.C13H30O3Si.C8H20O4Si.H4Si/c1-5-6-7-8-9-10-11-12-13-14-15-19(16-2,17-3)18-4;1-5-6-7-8-9-10-11-12-13-17(14-2,15-3)16-4;1-5-9-13(10-6-2,11-7-3)12-8-4;/h5-15H2,1-4H3;5-13H2,1-4H3;5-8H2,1-4H3;1H4. The van der Waals surface area contributed by atoms with Crippen molar-refractivity contribution in [3.05, 3.63) is 0 Å². The summed E-state index contributed by atoms with van der Waals surface area (Å²) in [6.07, 6.45) is 24.1. The minimum atomic E-state index is -2.80. The van der Waals surface area contributed by atoms with Crippen LogP contribution in [0.25, 0.3) is 0 Å². The van der Waals surface area contributed by atoms with Gasteiger partial charge in [-0.3, -0.25) is 0 Å². The van der Waals surface area contributed by atoms with E-state index in [9.17, 15) is 0 Å². The van der Waals surface area contributed by atoms with Crippen LogP contribution in [0.4, 0.5) is 0 Å². The maximum atomic E-state index is 5.42. The number of unbranched alkanes of at least 4 members (excludes halogenated alkanes) is 16. The molecule has 0 aliphatic rings. The van der Waals surface area contributed by atoms with E-state index in [0.29, 0.717) is 26.4 Å². The van der Waals surface area contributed by atoms with Gasteiger partial charge in [0.15, 0.2) is 0 Å². The van der Waals surface area contributed by atoms with E-state index in [0.717, 1.165) is 24.9 Å². The summed E-state index contributed by atoms with van der Waals surface area (Å²) in [6, 6.07) is 1.87. The quantitative estimate of drug-likeness (QED) is 0.0465. The summed E-state index contributed by atoms with van der Waals surface area (Å²) in [7, 11) is 2.72. The maximum Gasteiger partial charge on any atom is 0.679 e. The molecule has 0 saturated carbocycles. The van der Waals surface area contributed by atoms with Gasteiger partial charge in [0.1, 0.15) is 0 Å². The lowest BCUT2D eigenvalue weighted by molar-refractivity contribution is -0.0247. The lowest BCUT2D eigenvalue weighted by atomic mass is 10.1. The molecular formula is C36H88O10Si4. The molecule has 0 N–H and O–H groups in total. The molecule has 0 aromatic heterocycles. The van der Waals surface area contributed by atoms with Gasteiger partial charge >= 0.3 is 26.7 Å². The average molecular weight is 793 g/mol. The first-order chi connectivity index (χ1) is 23.7. The summed E-state index contributed by atoms with van der Waals surface area (Å²) in [6.45, 7) is 14.3. The van der Waals surface area contributed by atoms with Crippen molar-refractivity contribution in [1.82, 2.24) is 0 Å². The zero-order valence-corrected chi connectivity index (χ0v) is 37.6. The first kappa shape index (κ1) is 57.2. The summed E-state index contributed by atoms with van der Waals surface area (Å²) in [5, 5.41) is 0. The van der Waals surface area contributed by atoms with Crippen molar-refractivity contribution in [2.24, 2.45) is 0 Å². The van der Waals surface area contributed by atoms with E-state index >= 15 is 0 Å². The Hall–Kier alpha value is 0.468. The van der Waals surface area contributed by atoms with Crippen molar-refractivity contribution in [2.45, 2.75) is 169 Å². The van der Waals surface area contributed by atoms with Gasteiger partial charge in [0.05, 0.1) is 0 Å². The number of rotatable bonds is 34. The minimum Gasteiger partial charge on any atom is -0.377 e. The van der Waals surface area contributed by atoms with Crippen molar-refractivity contribution in [3.8, 4) is 0 Å². The van der Waals surface area contributed by atoms with Gasteiger partial charge < -0.3 is 44.3 Å². The van der Waals surface area contributed by atoms with Gasteiger partial charge in [-0.25, -0.2) is 0 Å². The maximum absolute atomic E-state index is 5.42. The molecule has 0 aromatic carbocycles. The molecule has 0 spiro atoms. The molecule has 0 aliphatic carbocycles. The predicted octanol–water partition coefficient (Wildman–Crippen LogP) is 8.91. The summed E-state index contributed by atoms with van der Waals surface area (Å²) >= 11 is 0. The van der Waals surface area contributed by atoms with E-state index in [4.69, 9.17) is 44.3 Å². The van der Waals surface area contributed by atoms with Crippen LogP contribution in [0.15, 0.2) is 0 Å². The van der Waals surface area contributed by atoms with Crippen molar-refractivity contribution >= 4 is 37.6 Å². The predicted molar refractivity (Wildman–Crippen MR) is 221 cm³/mol. The summed E-state index contributed by atoms with van der Waals surface area (Å²) in [5.41, 5.74) is 0. The van der Waals surface area contributed by atoms with Gasteiger partial charge in [0, 0.05) is 81.2 Å². The SMILES string of the molecule is CCCCCCCCCCCC[Si](OC)(OC)OC.CCCCCCCCCC[Si](OC)(OC)OC.CCO[Si](OCC)(OCC)OCC.[SiH4]. The van der Waals surface area contributed by atoms with E-state index in [1.165, 1.54) is 103 Å². The van der Waals surface area contributed by atoms with Crippen LogP contribution in [-0.4, -0.2) is 107 Å². The lowest BCUT2D eigenvalue weighted by Crippen LogP contribution is -2.49. The first-order valence-corrected chi connectivity index (χ1v) is 25.1. The highest BCUT2D eigenvalue weighted by atomic mass is 28.4. The summed E-state index contributed by atoms with van der Waals surface area (Å²) in [5.74, 6) is 0. The van der Waals surface area contributed by atoms with Gasteiger partial charge in [-0.1, -0.05) is 117 Å². The average Bonchev–Trinajstić information content (AvgIpc) is 3.12. The van der Waals surface area contributed by atoms with E-state index in [2.05, 4.69) is 13.8 Å². The third-order valence-corrected chi connectivity index (χ3v) is 16.6. The normalized spacial score (nSPS) is 11.8. The highest BCUT2D eigenvalue weighted by Gasteiger charge is 2.44. The van der Waals surface area contributed by atoms with Crippen LogP contribution in [0.2, 0.25) is 12.1 Å². The molecule has 308 valence electrons. The zero-order valence-electron chi connectivity index (χ0n) is 34.6. The Morgan fingerprint density at radius 2 is 0.500 bits per heavy atom. The summed E-state index contributed by atoms with van der Waals surface area (Å²) in [4.78, 5) is 0. The molecule has 0 saturated heterocycles. The molecule has 50 heavy (non-hydrogen) atoms. The fraction of sp³-hybridized carbons (Fsp3) is 1.00. The Kier molecular flexibility index (Phi) is 48.3. The molecule has 0 atom stereocenters. The van der Waals surface area contributed by atoms with Crippen LogP contribution < -0.4 is 0 Å². The third-order valence-electron chi connectivity index (χ3n) is 8.32. The molecule has 0 heterocycles. The van der Waals surface area contributed by atoms with Gasteiger partial charge in [-0.05, 0) is 51.5 Å². The van der Waals surface area contributed by atoms with E-state index in [1.54, 1.807) is 42.7 Å². The molecule has 0 rings (SSSR count). The van der Waals surface area contributed by atoms with Crippen LogP contribution in [0, 0.1) is 0 Å². The zero-order chi connectivity index (χ0) is 37.5. The van der Waals surface area contributed by atoms with Crippen LogP contribution >= 0.6 is 0 Å². The van der Waals surface area contributed by atoms with Crippen molar-refractivity contribution in [2.75, 3.05) is 69.1 Å². The molecule has 0 unspecified atom stereocenters. The van der Waals surface area contributed by atoms with Gasteiger partial charge in [-0.2, -0.15) is 0 Å². The molecular weight excluding hydrogens is 705 g/mol. The van der Waals surface area contributed by atoms with Crippen molar-refractivity contribution in [1.29, 1.82) is 0 Å². The highest BCUT2D eigenvalue weighted by molar-refractivity contribution is 6.60. The number of hydrogen-bond donors (Lipinski definition) is 0. The fourth-order valence-corrected chi connectivity index (χ4v) is 10.9. The van der Waals surface area contributed by atoms with E-state index < -0.39 is 26.7 Å². The molecule has 0 radical (unpaired) electrons. The van der Waals surface area contributed by atoms with Crippen molar-refractivity contribution in [3.63, 3.8) is 0 Å². The van der Waals surface area contributed by atoms with Gasteiger partial charge in [-0.15, -0.1) is 0 Å². The lowest BCUT2D eigenvalue weighted by Gasteiger charge is -2.26. The molecule has 0 amide bonds. The van der Waals surface area contributed by atoms with Gasteiger partial charge in [0.2, 0.25) is 0 Å².